The summed E-state index contributed by atoms with van der Waals surface area (Å²) in [5.74, 6) is -1.57. The number of halogens is 2. The average molecular weight is 396 g/mol. The van der Waals surface area contributed by atoms with Crippen LogP contribution in [0.15, 0.2) is 46.9 Å². The Labute approximate surface area is 144 Å². The zero-order valence-corrected chi connectivity index (χ0v) is 13.9. The maximum Gasteiger partial charge on any atom is 0.336 e. The van der Waals surface area contributed by atoms with Gasteiger partial charge in [0.1, 0.15) is 11.6 Å². The molecule has 0 N–H and O–H groups in total. The van der Waals surface area contributed by atoms with Gasteiger partial charge >= 0.3 is 11.7 Å². The highest BCUT2D eigenvalue weighted by Crippen LogP contribution is 2.28. The first-order chi connectivity index (χ1) is 11.4. The van der Waals surface area contributed by atoms with Crippen molar-refractivity contribution < 1.29 is 23.6 Å². The molecule has 124 valence electrons. The smallest absolute Gasteiger partial charge is 0.336 e. The zero-order valence-electron chi connectivity index (χ0n) is 12.4. The number of carbonyl (C=O) groups is 1. The summed E-state index contributed by atoms with van der Waals surface area (Å²) in [5, 5.41) is 10.9. The molecule has 8 heteroatoms. The second-order valence-electron chi connectivity index (χ2n) is 4.51. The lowest BCUT2D eigenvalue weighted by Gasteiger charge is -2.05. The summed E-state index contributed by atoms with van der Waals surface area (Å²) in [6.07, 6.45) is 2.50. The number of benzene rings is 2. The van der Waals surface area contributed by atoms with Crippen molar-refractivity contribution in [3.63, 3.8) is 0 Å². The van der Waals surface area contributed by atoms with Crippen molar-refractivity contribution in [3.05, 3.63) is 68.4 Å². The Bertz CT molecular complexity index is 822. The lowest BCUT2D eigenvalue weighted by Crippen LogP contribution is -2.06. The Kier molecular flexibility index (Phi) is 5.64. The second-order valence-corrected chi connectivity index (χ2v) is 5.43. The minimum absolute atomic E-state index is 0.462. The van der Waals surface area contributed by atoms with E-state index in [0.717, 1.165) is 28.7 Å². The molecular formula is C16H11BrFNO5. The predicted molar refractivity (Wildman–Crippen MR) is 88.4 cm³/mol. The number of nitrogens with zero attached hydrogens (tertiary/aromatic N) is 1. The van der Waals surface area contributed by atoms with Gasteiger partial charge < -0.3 is 9.47 Å². The van der Waals surface area contributed by atoms with Gasteiger partial charge in [-0.05, 0) is 30.3 Å². The molecule has 0 fully saturated rings. The van der Waals surface area contributed by atoms with Crippen LogP contribution in [0.5, 0.6) is 11.5 Å². The summed E-state index contributed by atoms with van der Waals surface area (Å²) in [5.41, 5.74) is 0.0933. The van der Waals surface area contributed by atoms with Crippen molar-refractivity contribution in [2.45, 2.75) is 0 Å². The SMILES string of the molecule is COc1ccc(Br)cc1C=CC(=O)Oc1cc(F)ccc1[N+](=O)[O-]. The van der Waals surface area contributed by atoms with Gasteiger partial charge in [0.05, 0.1) is 12.0 Å². The fraction of sp³-hybridized carbons (Fsp3) is 0.0625. The van der Waals surface area contributed by atoms with Gasteiger partial charge in [0.15, 0.2) is 0 Å². The van der Waals surface area contributed by atoms with E-state index in [1.165, 1.54) is 13.2 Å². The molecule has 0 amide bonds. The third kappa shape index (κ3) is 4.39. The number of hydrogen-bond donors (Lipinski definition) is 0. The van der Waals surface area contributed by atoms with Crippen molar-refractivity contribution in [1.82, 2.24) is 0 Å². The van der Waals surface area contributed by atoms with Crippen LogP contribution in [0.2, 0.25) is 0 Å². The van der Waals surface area contributed by atoms with E-state index in [1.807, 2.05) is 0 Å². The van der Waals surface area contributed by atoms with E-state index in [0.29, 0.717) is 11.3 Å². The van der Waals surface area contributed by atoms with Crippen LogP contribution in [0.3, 0.4) is 0 Å². The monoisotopic (exact) mass is 395 g/mol. The van der Waals surface area contributed by atoms with Crippen molar-refractivity contribution >= 4 is 33.7 Å². The van der Waals surface area contributed by atoms with Crippen molar-refractivity contribution in [3.8, 4) is 11.5 Å². The van der Waals surface area contributed by atoms with Crippen LogP contribution in [0.4, 0.5) is 10.1 Å². The number of nitro groups is 1. The number of methoxy groups -OCH3 is 1. The largest absolute Gasteiger partial charge is 0.496 e. The van der Waals surface area contributed by atoms with Gasteiger partial charge in [-0.3, -0.25) is 10.1 Å². The molecule has 0 aromatic heterocycles. The minimum atomic E-state index is -0.884. The maximum atomic E-state index is 13.2. The normalized spacial score (nSPS) is 10.6. The van der Waals surface area contributed by atoms with Crippen molar-refractivity contribution in [2.75, 3.05) is 7.11 Å². The van der Waals surface area contributed by atoms with E-state index in [-0.39, 0.29) is 0 Å². The third-order valence-electron chi connectivity index (χ3n) is 2.92. The van der Waals surface area contributed by atoms with E-state index in [4.69, 9.17) is 9.47 Å². The molecule has 0 unspecified atom stereocenters. The molecule has 2 rings (SSSR count). The molecule has 0 bridgehead atoms. The van der Waals surface area contributed by atoms with Gasteiger partial charge in [0, 0.05) is 28.2 Å². The van der Waals surface area contributed by atoms with Crippen molar-refractivity contribution in [1.29, 1.82) is 0 Å². The zero-order chi connectivity index (χ0) is 17.7. The van der Waals surface area contributed by atoms with Gasteiger partial charge in [0.25, 0.3) is 0 Å². The minimum Gasteiger partial charge on any atom is -0.496 e. The predicted octanol–water partition coefficient (Wildman–Crippen LogP) is 4.12. The van der Waals surface area contributed by atoms with E-state index < -0.39 is 28.1 Å². The molecule has 0 heterocycles. The molecule has 2 aromatic carbocycles. The molecule has 0 spiro atoms. The molecule has 6 nitrogen and oxygen atoms in total. The maximum absolute atomic E-state index is 13.2. The van der Waals surface area contributed by atoms with Gasteiger partial charge in [0.2, 0.25) is 5.75 Å². The molecule has 0 aliphatic rings. The van der Waals surface area contributed by atoms with E-state index in [1.54, 1.807) is 18.2 Å². The molecule has 0 aliphatic carbocycles. The molecule has 2 aromatic rings. The summed E-state index contributed by atoms with van der Waals surface area (Å²) in [6, 6.07) is 7.81. The van der Waals surface area contributed by atoms with Gasteiger partial charge in [-0.2, -0.15) is 0 Å². The van der Waals surface area contributed by atoms with E-state index in [9.17, 15) is 19.3 Å². The van der Waals surface area contributed by atoms with Crippen LogP contribution in [0.25, 0.3) is 6.08 Å². The number of esters is 1. The van der Waals surface area contributed by atoms with Crippen molar-refractivity contribution in [2.24, 2.45) is 0 Å². The highest BCUT2D eigenvalue weighted by Gasteiger charge is 2.18. The summed E-state index contributed by atoms with van der Waals surface area (Å²) < 4.78 is 24.0. The summed E-state index contributed by atoms with van der Waals surface area (Å²) in [4.78, 5) is 22.0. The average Bonchev–Trinajstić information content (AvgIpc) is 2.53. The van der Waals surface area contributed by atoms with Crippen LogP contribution in [-0.4, -0.2) is 18.0 Å². The van der Waals surface area contributed by atoms with Gasteiger partial charge in [-0.1, -0.05) is 15.9 Å². The number of carbonyl (C=O) groups excluding carboxylic acids is 1. The molecular weight excluding hydrogens is 385 g/mol. The molecule has 0 aliphatic heterocycles. The number of ether oxygens (including phenoxy) is 2. The van der Waals surface area contributed by atoms with Crippen LogP contribution in [-0.2, 0) is 4.79 Å². The lowest BCUT2D eigenvalue weighted by molar-refractivity contribution is -0.385. The Morgan fingerprint density at radius 3 is 2.67 bits per heavy atom. The molecule has 0 saturated heterocycles. The standard InChI is InChI=1S/C16H11BrFNO5/c1-23-14-6-3-11(17)8-10(14)2-7-16(20)24-15-9-12(18)4-5-13(15)19(21)22/h2-9H,1H3. The number of nitro benzene ring substituents is 1. The third-order valence-corrected chi connectivity index (χ3v) is 3.41. The van der Waals surface area contributed by atoms with Gasteiger partial charge in [-0.15, -0.1) is 0 Å². The Morgan fingerprint density at radius 1 is 1.25 bits per heavy atom. The first-order valence-electron chi connectivity index (χ1n) is 6.58. The van der Waals surface area contributed by atoms with E-state index in [2.05, 4.69) is 15.9 Å². The van der Waals surface area contributed by atoms with Crippen LogP contribution in [0.1, 0.15) is 5.56 Å². The van der Waals surface area contributed by atoms with Gasteiger partial charge in [-0.25, -0.2) is 9.18 Å². The summed E-state index contributed by atoms with van der Waals surface area (Å²) in [7, 11) is 1.48. The molecule has 0 atom stereocenters. The molecule has 0 radical (unpaired) electrons. The Hall–Kier alpha value is -2.74. The Morgan fingerprint density at radius 2 is 2.00 bits per heavy atom. The highest BCUT2D eigenvalue weighted by atomic mass is 79.9. The first-order valence-corrected chi connectivity index (χ1v) is 7.37. The fourth-order valence-electron chi connectivity index (χ4n) is 1.86. The van der Waals surface area contributed by atoms with Crippen LogP contribution >= 0.6 is 15.9 Å². The number of rotatable bonds is 5. The summed E-state index contributed by atoms with van der Waals surface area (Å²) >= 11 is 3.30. The quantitative estimate of drug-likeness (QED) is 0.250. The summed E-state index contributed by atoms with van der Waals surface area (Å²) in [6.45, 7) is 0. The lowest BCUT2D eigenvalue weighted by atomic mass is 10.2. The topological polar surface area (TPSA) is 78.7 Å². The van der Waals surface area contributed by atoms with Crippen LogP contribution < -0.4 is 9.47 Å². The molecule has 0 saturated carbocycles. The Balaban J connectivity index is 2.21. The number of hydrogen-bond acceptors (Lipinski definition) is 5. The molecule has 24 heavy (non-hydrogen) atoms. The fourth-order valence-corrected chi connectivity index (χ4v) is 2.24. The first kappa shape index (κ1) is 17.6. The second kappa shape index (κ2) is 7.69. The highest BCUT2D eigenvalue weighted by molar-refractivity contribution is 9.10. The van der Waals surface area contributed by atoms with E-state index >= 15 is 0 Å². The van der Waals surface area contributed by atoms with Crippen LogP contribution in [0, 0.1) is 15.9 Å².